The van der Waals surface area contributed by atoms with Gasteiger partial charge in [0.15, 0.2) is 0 Å². The van der Waals surface area contributed by atoms with Crippen molar-refractivity contribution in [3.63, 3.8) is 0 Å². The second-order valence-corrected chi connectivity index (χ2v) is 4.99. The minimum atomic E-state index is -4.64. The minimum Gasteiger partial charge on any atom is -0.496 e. The number of benzene rings is 2. The Morgan fingerprint density at radius 2 is 1.64 bits per heavy atom. The molecule has 0 spiro atoms. The predicted octanol–water partition coefficient (Wildman–Crippen LogP) is 2.97. The molecule has 2 aromatic carbocycles. The molecule has 132 valence electrons. The van der Waals surface area contributed by atoms with Gasteiger partial charge >= 0.3 is 18.0 Å². The molecule has 0 unspecified atom stereocenters. The van der Waals surface area contributed by atoms with Gasteiger partial charge < -0.3 is 15.4 Å². The monoisotopic (exact) mass is 352 g/mol. The molecular formula is C17H15F3N2O3. The lowest BCUT2D eigenvalue weighted by Crippen LogP contribution is -2.35. The summed E-state index contributed by atoms with van der Waals surface area (Å²) in [7, 11) is 1.46. The fraction of sp³-hybridized carbons (Fsp3) is 0.176. The van der Waals surface area contributed by atoms with Crippen molar-refractivity contribution in [1.82, 2.24) is 5.32 Å². The molecule has 0 aliphatic rings. The van der Waals surface area contributed by atoms with Crippen molar-refractivity contribution in [2.45, 2.75) is 12.7 Å². The highest BCUT2D eigenvalue weighted by molar-refractivity contribution is 6.39. The zero-order valence-corrected chi connectivity index (χ0v) is 13.2. The highest BCUT2D eigenvalue weighted by Crippen LogP contribution is 2.34. The third kappa shape index (κ3) is 4.72. The topological polar surface area (TPSA) is 67.4 Å². The highest BCUT2D eigenvalue weighted by atomic mass is 19.4. The van der Waals surface area contributed by atoms with E-state index in [4.69, 9.17) is 4.74 Å². The second-order valence-electron chi connectivity index (χ2n) is 4.99. The fourth-order valence-electron chi connectivity index (χ4n) is 2.12. The Balaban J connectivity index is 2.03. The van der Waals surface area contributed by atoms with Gasteiger partial charge in [0.05, 0.1) is 18.4 Å². The van der Waals surface area contributed by atoms with E-state index in [0.29, 0.717) is 11.3 Å². The van der Waals surface area contributed by atoms with Crippen molar-refractivity contribution in [2.24, 2.45) is 0 Å². The van der Waals surface area contributed by atoms with Crippen LogP contribution in [0, 0.1) is 0 Å². The third-order valence-electron chi connectivity index (χ3n) is 3.32. The average molecular weight is 352 g/mol. The van der Waals surface area contributed by atoms with Crippen LogP contribution >= 0.6 is 0 Å². The van der Waals surface area contributed by atoms with Gasteiger partial charge in [0.25, 0.3) is 0 Å². The summed E-state index contributed by atoms with van der Waals surface area (Å²) in [5.74, 6) is -1.72. The second kappa shape index (κ2) is 7.69. The number of methoxy groups -OCH3 is 1. The molecule has 2 rings (SSSR count). The standard InChI is InChI=1S/C17H15F3N2O3/c1-25-14-9-5-2-6-11(14)10-21-15(23)16(24)22-13-8-4-3-7-12(13)17(18,19)20/h2-9H,10H2,1H3,(H,21,23)(H,22,24). The number of anilines is 1. The first kappa shape index (κ1) is 18.3. The van der Waals surface area contributed by atoms with Gasteiger partial charge in [0, 0.05) is 12.1 Å². The number of rotatable bonds is 4. The first-order valence-corrected chi connectivity index (χ1v) is 7.20. The van der Waals surface area contributed by atoms with Gasteiger partial charge in [0.1, 0.15) is 5.75 Å². The average Bonchev–Trinajstić information content (AvgIpc) is 2.59. The number of para-hydroxylation sites is 2. The van der Waals surface area contributed by atoms with Crippen molar-refractivity contribution >= 4 is 17.5 Å². The first-order valence-electron chi connectivity index (χ1n) is 7.20. The van der Waals surface area contributed by atoms with E-state index in [1.54, 1.807) is 24.3 Å². The van der Waals surface area contributed by atoms with Crippen molar-refractivity contribution in [3.05, 3.63) is 59.7 Å². The van der Waals surface area contributed by atoms with Gasteiger partial charge in [-0.15, -0.1) is 0 Å². The summed E-state index contributed by atoms with van der Waals surface area (Å²) in [6.45, 7) is -0.00279. The number of carbonyl (C=O) groups is 2. The van der Waals surface area contributed by atoms with E-state index in [9.17, 15) is 22.8 Å². The molecular weight excluding hydrogens is 337 g/mol. The molecule has 0 saturated heterocycles. The maximum absolute atomic E-state index is 12.9. The first-order chi connectivity index (χ1) is 11.8. The van der Waals surface area contributed by atoms with Crippen LogP contribution in [0.15, 0.2) is 48.5 Å². The zero-order valence-electron chi connectivity index (χ0n) is 13.2. The molecule has 0 radical (unpaired) electrons. The maximum atomic E-state index is 12.9. The summed E-state index contributed by atoms with van der Waals surface area (Å²) in [6, 6.07) is 11.3. The predicted molar refractivity (Wildman–Crippen MR) is 84.9 cm³/mol. The van der Waals surface area contributed by atoms with Crippen LogP contribution in [-0.4, -0.2) is 18.9 Å². The van der Waals surface area contributed by atoms with Crippen LogP contribution in [0.5, 0.6) is 5.75 Å². The van der Waals surface area contributed by atoms with E-state index in [1.165, 1.54) is 19.2 Å². The van der Waals surface area contributed by atoms with Crippen LogP contribution < -0.4 is 15.4 Å². The fourth-order valence-corrected chi connectivity index (χ4v) is 2.12. The van der Waals surface area contributed by atoms with Crippen molar-refractivity contribution < 1.29 is 27.5 Å². The largest absolute Gasteiger partial charge is 0.496 e. The summed E-state index contributed by atoms with van der Waals surface area (Å²) < 4.78 is 43.8. The van der Waals surface area contributed by atoms with Crippen LogP contribution in [0.2, 0.25) is 0 Å². The Morgan fingerprint density at radius 1 is 1.00 bits per heavy atom. The number of hydrogen-bond acceptors (Lipinski definition) is 3. The van der Waals surface area contributed by atoms with E-state index in [-0.39, 0.29) is 6.54 Å². The summed E-state index contributed by atoms with van der Waals surface area (Å²) in [4.78, 5) is 23.7. The molecule has 0 saturated carbocycles. The smallest absolute Gasteiger partial charge is 0.418 e. The number of alkyl halides is 3. The molecule has 2 amide bonds. The van der Waals surface area contributed by atoms with E-state index < -0.39 is 29.2 Å². The van der Waals surface area contributed by atoms with Crippen LogP contribution in [0.3, 0.4) is 0 Å². The molecule has 0 aliphatic heterocycles. The third-order valence-corrected chi connectivity index (χ3v) is 3.32. The van der Waals surface area contributed by atoms with Crippen LogP contribution in [0.1, 0.15) is 11.1 Å². The summed E-state index contributed by atoms with van der Waals surface area (Å²) in [6.07, 6.45) is -4.64. The lowest BCUT2D eigenvalue weighted by molar-refractivity contribution is -0.138. The zero-order chi connectivity index (χ0) is 18.4. The molecule has 2 N–H and O–H groups in total. The van der Waals surface area contributed by atoms with E-state index in [2.05, 4.69) is 5.32 Å². The Labute approximate surface area is 141 Å². The van der Waals surface area contributed by atoms with Gasteiger partial charge in [-0.2, -0.15) is 13.2 Å². The molecule has 25 heavy (non-hydrogen) atoms. The van der Waals surface area contributed by atoms with Crippen molar-refractivity contribution in [1.29, 1.82) is 0 Å². The lowest BCUT2D eigenvalue weighted by Gasteiger charge is -2.13. The van der Waals surface area contributed by atoms with Gasteiger partial charge in [-0.05, 0) is 18.2 Å². The summed E-state index contributed by atoms with van der Waals surface area (Å²) >= 11 is 0. The van der Waals surface area contributed by atoms with Gasteiger partial charge in [-0.1, -0.05) is 30.3 Å². The SMILES string of the molecule is COc1ccccc1CNC(=O)C(=O)Nc1ccccc1C(F)(F)F. The molecule has 2 aromatic rings. The molecule has 0 atom stereocenters. The molecule has 0 aliphatic carbocycles. The summed E-state index contributed by atoms with van der Waals surface area (Å²) in [5.41, 5.74) is -0.879. The molecule has 0 aromatic heterocycles. The minimum absolute atomic E-state index is 0.00279. The summed E-state index contributed by atoms with van der Waals surface area (Å²) in [5, 5.41) is 4.32. The Kier molecular flexibility index (Phi) is 5.63. The van der Waals surface area contributed by atoms with Crippen molar-refractivity contribution in [3.8, 4) is 5.75 Å². The van der Waals surface area contributed by atoms with Crippen molar-refractivity contribution in [2.75, 3.05) is 12.4 Å². The lowest BCUT2D eigenvalue weighted by atomic mass is 10.1. The quantitative estimate of drug-likeness (QED) is 0.832. The number of carbonyl (C=O) groups excluding carboxylic acids is 2. The van der Waals surface area contributed by atoms with Gasteiger partial charge in [-0.25, -0.2) is 0 Å². The van der Waals surface area contributed by atoms with Crippen LogP contribution in [-0.2, 0) is 22.3 Å². The Hall–Kier alpha value is -3.03. The van der Waals surface area contributed by atoms with Gasteiger partial charge in [-0.3, -0.25) is 9.59 Å². The number of halogens is 3. The number of nitrogens with one attached hydrogen (secondary N) is 2. The highest BCUT2D eigenvalue weighted by Gasteiger charge is 2.34. The maximum Gasteiger partial charge on any atom is 0.418 e. The number of hydrogen-bond donors (Lipinski definition) is 2. The van der Waals surface area contributed by atoms with E-state index >= 15 is 0 Å². The Bertz CT molecular complexity index is 776. The number of amides is 2. The molecule has 5 nitrogen and oxygen atoms in total. The van der Waals surface area contributed by atoms with Crippen LogP contribution in [0.25, 0.3) is 0 Å². The normalized spacial score (nSPS) is 10.9. The molecule has 0 heterocycles. The Morgan fingerprint density at radius 3 is 2.32 bits per heavy atom. The van der Waals surface area contributed by atoms with E-state index in [0.717, 1.165) is 12.1 Å². The van der Waals surface area contributed by atoms with Crippen LogP contribution in [0.4, 0.5) is 18.9 Å². The van der Waals surface area contributed by atoms with E-state index in [1.807, 2.05) is 5.32 Å². The molecule has 8 heteroatoms. The van der Waals surface area contributed by atoms with Gasteiger partial charge in [0.2, 0.25) is 0 Å². The number of ether oxygens (including phenoxy) is 1. The molecule has 0 bridgehead atoms. The molecule has 0 fully saturated rings.